The van der Waals surface area contributed by atoms with Crippen LogP contribution in [0.2, 0.25) is 0 Å². The third-order valence-corrected chi connectivity index (χ3v) is 3.47. The minimum Gasteiger partial charge on any atom is -0.487 e. The standard InChI is InChI=1S/C15H12INO3/c1-10-13(9-19-12-5-2-4-11(16)8-12)17-15(20-10)14-6-3-7-18-14/h2-8H,9H2,1H3. The summed E-state index contributed by atoms with van der Waals surface area (Å²) in [6.45, 7) is 2.24. The molecule has 4 nitrogen and oxygen atoms in total. The van der Waals surface area contributed by atoms with Gasteiger partial charge in [-0.15, -0.1) is 0 Å². The van der Waals surface area contributed by atoms with Gasteiger partial charge in [0.15, 0.2) is 5.76 Å². The number of rotatable bonds is 4. The van der Waals surface area contributed by atoms with E-state index in [0.717, 1.165) is 20.8 Å². The second-order valence-corrected chi connectivity index (χ2v) is 5.49. The Hall–Kier alpha value is -1.76. The van der Waals surface area contributed by atoms with Crippen molar-refractivity contribution in [3.05, 3.63) is 57.7 Å². The Labute approximate surface area is 129 Å². The van der Waals surface area contributed by atoms with Gasteiger partial charge in [0.2, 0.25) is 0 Å². The van der Waals surface area contributed by atoms with Gasteiger partial charge < -0.3 is 13.6 Å². The molecule has 0 radical (unpaired) electrons. The number of hydrogen-bond donors (Lipinski definition) is 0. The second kappa shape index (κ2) is 5.70. The fourth-order valence-corrected chi connectivity index (χ4v) is 2.29. The van der Waals surface area contributed by atoms with Crippen molar-refractivity contribution in [1.82, 2.24) is 4.98 Å². The molecule has 102 valence electrons. The van der Waals surface area contributed by atoms with Crippen molar-refractivity contribution in [1.29, 1.82) is 0 Å². The normalized spacial score (nSPS) is 10.7. The average molecular weight is 381 g/mol. The average Bonchev–Trinajstić information content (AvgIpc) is 3.06. The van der Waals surface area contributed by atoms with E-state index in [0.29, 0.717) is 18.3 Å². The maximum absolute atomic E-state index is 5.73. The van der Waals surface area contributed by atoms with E-state index in [2.05, 4.69) is 27.6 Å². The number of aromatic nitrogens is 1. The van der Waals surface area contributed by atoms with E-state index in [4.69, 9.17) is 13.6 Å². The van der Waals surface area contributed by atoms with E-state index in [-0.39, 0.29) is 0 Å². The van der Waals surface area contributed by atoms with Gasteiger partial charge >= 0.3 is 0 Å². The van der Waals surface area contributed by atoms with E-state index < -0.39 is 0 Å². The van der Waals surface area contributed by atoms with Crippen molar-refractivity contribution in [3.8, 4) is 17.4 Å². The number of aryl methyl sites for hydroxylation is 1. The maximum atomic E-state index is 5.73. The number of ether oxygens (including phenoxy) is 1. The van der Waals surface area contributed by atoms with E-state index in [1.165, 1.54) is 0 Å². The van der Waals surface area contributed by atoms with Gasteiger partial charge in [0.25, 0.3) is 5.89 Å². The van der Waals surface area contributed by atoms with Gasteiger partial charge in [-0.2, -0.15) is 0 Å². The highest BCUT2D eigenvalue weighted by atomic mass is 127. The fourth-order valence-electron chi connectivity index (χ4n) is 1.78. The SMILES string of the molecule is Cc1oc(-c2ccco2)nc1COc1cccc(I)c1. The van der Waals surface area contributed by atoms with Gasteiger partial charge in [0.05, 0.1) is 6.26 Å². The van der Waals surface area contributed by atoms with Crippen LogP contribution in [0.3, 0.4) is 0 Å². The molecule has 2 aromatic heterocycles. The molecule has 3 aromatic rings. The number of benzene rings is 1. The fraction of sp³-hybridized carbons (Fsp3) is 0.133. The summed E-state index contributed by atoms with van der Waals surface area (Å²) in [7, 11) is 0. The molecular weight excluding hydrogens is 369 g/mol. The molecule has 0 aliphatic carbocycles. The summed E-state index contributed by atoms with van der Waals surface area (Å²) >= 11 is 2.25. The van der Waals surface area contributed by atoms with Crippen LogP contribution in [0.1, 0.15) is 11.5 Å². The van der Waals surface area contributed by atoms with Crippen LogP contribution in [0.15, 0.2) is 51.5 Å². The molecule has 0 N–H and O–H groups in total. The summed E-state index contributed by atoms with van der Waals surface area (Å²) in [5.41, 5.74) is 0.773. The van der Waals surface area contributed by atoms with Crippen LogP contribution < -0.4 is 4.74 Å². The molecule has 0 unspecified atom stereocenters. The highest BCUT2D eigenvalue weighted by molar-refractivity contribution is 14.1. The van der Waals surface area contributed by atoms with Crippen LogP contribution >= 0.6 is 22.6 Å². The van der Waals surface area contributed by atoms with Gasteiger partial charge in [-0.1, -0.05) is 6.07 Å². The number of nitrogens with zero attached hydrogens (tertiary/aromatic N) is 1. The predicted octanol–water partition coefficient (Wildman–Crippen LogP) is 4.43. The summed E-state index contributed by atoms with van der Waals surface area (Å²) in [6.07, 6.45) is 1.59. The minimum absolute atomic E-state index is 0.371. The highest BCUT2D eigenvalue weighted by Crippen LogP contribution is 2.23. The van der Waals surface area contributed by atoms with Crippen LogP contribution in [-0.4, -0.2) is 4.98 Å². The second-order valence-electron chi connectivity index (χ2n) is 4.25. The molecule has 3 rings (SSSR count). The zero-order chi connectivity index (χ0) is 13.9. The lowest BCUT2D eigenvalue weighted by Crippen LogP contribution is -1.97. The molecule has 0 spiro atoms. The van der Waals surface area contributed by atoms with Gasteiger partial charge in [0, 0.05) is 3.57 Å². The first kappa shape index (κ1) is 13.2. The summed E-state index contributed by atoms with van der Waals surface area (Å²) < 4.78 is 17.7. The highest BCUT2D eigenvalue weighted by Gasteiger charge is 2.13. The Kier molecular flexibility index (Phi) is 3.77. The molecule has 0 aliphatic heterocycles. The van der Waals surface area contributed by atoms with E-state index in [1.807, 2.05) is 37.3 Å². The van der Waals surface area contributed by atoms with Crippen LogP contribution in [-0.2, 0) is 6.61 Å². The summed E-state index contributed by atoms with van der Waals surface area (Å²) in [5, 5.41) is 0. The van der Waals surface area contributed by atoms with Gasteiger partial charge in [-0.25, -0.2) is 4.98 Å². The maximum Gasteiger partial charge on any atom is 0.263 e. The van der Waals surface area contributed by atoms with Crippen LogP contribution in [0, 0.1) is 10.5 Å². The minimum atomic E-state index is 0.371. The Morgan fingerprint density at radius 1 is 1.25 bits per heavy atom. The van der Waals surface area contributed by atoms with Crippen molar-refractivity contribution in [2.24, 2.45) is 0 Å². The van der Waals surface area contributed by atoms with Gasteiger partial charge in [0.1, 0.15) is 23.8 Å². The van der Waals surface area contributed by atoms with Gasteiger partial charge in [-0.3, -0.25) is 0 Å². The molecule has 0 saturated heterocycles. The van der Waals surface area contributed by atoms with Crippen LogP contribution in [0.4, 0.5) is 0 Å². The summed E-state index contributed by atoms with van der Waals surface area (Å²) in [5.74, 6) is 2.66. The zero-order valence-corrected chi connectivity index (χ0v) is 13.0. The molecule has 0 bridgehead atoms. The number of hydrogen-bond acceptors (Lipinski definition) is 4. The molecule has 0 saturated carbocycles. The van der Waals surface area contributed by atoms with Crippen molar-refractivity contribution in [2.45, 2.75) is 13.5 Å². The number of halogens is 1. The topological polar surface area (TPSA) is 48.4 Å². The van der Waals surface area contributed by atoms with E-state index in [1.54, 1.807) is 12.3 Å². The molecule has 0 amide bonds. The first-order valence-electron chi connectivity index (χ1n) is 6.11. The molecular formula is C15H12INO3. The third-order valence-electron chi connectivity index (χ3n) is 2.80. The third kappa shape index (κ3) is 2.87. The first-order valence-corrected chi connectivity index (χ1v) is 7.19. The molecule has 20 heavy (non-hydrogen) atoms. The molecule has 0 fully saturated rings. The van der Waals surface area contributed by atoms with E-state index >= 15 is 0 Å². The predicted molar refractivity (Wildman–Crippen MR) is 82.4 cm³/mol. The summed E-state index contributed by atoms with van der Waals surface area (Å²) in [6, 6.07) is 11.5. The monoisotopic (exact) mass is 381 g/mol. The van der Waals surface area contributed by atoms with E-state index in [9.17, 15) is 0 Å². The van der Waals surface area contributed by atoms with Crippen LogP contribution in [0.5, 0.6) is 5.75 Å². The molecule has 0 aliphatic rings. The quantitative estimate of drug-likeness (QED) is 0.628. The van der Waals surface area contributed by atoms with Crippen molar-refractivity contribution < 1.29 is 13.6 Å². The number of furan rings is 1. The molecule has 5 heteroatoms. The lowest BCUT2D eigenvalue weighted by atomic mass is 10.3. The largest absolute Gasteiger partial charge is 0.487 e. The Bertz CT molecular complexity index is 704. The molecule has 2 heterocycles. The van der Waals surface area contributed by atoms with Gasteiger partial charge in [-0.05, 0) is 59.8 Å². The molecule has 0 atom stereocenters. The smallest absolute Gasteiger partial charge is 0.263 e. The van der Waals surface area contributed by atoms with Crippen molar-refractivity contribution in [2.75, 3.05) is 0 Å². The lowest BCUT2D eigenvalue weighted by Gasteiger charge is -2.04. The summed E-state index contributed by atoms with van der Waals surface area (Å²) in [4.78, 5) is 4.40. The Morgan fingerprint density at radius 3 is 2.90 bits per heavy atom. The van der Waals surface area contributed by atoms with Crippen molar-refractivity contribution >= 4 is 22.6 Å². The lowest BCUT2D eigenvalue weighted by molar-refractivity contribution is 0.299. The van der Waals surface area contributed by atoms with Crippen molar-refractivity contribution in [3.63, 3.8) is 0 Å². The Morgan fingerprint density at radius 2 is 2.15 bits per heavy atom. The zero-order valence-electron chi connectivity index (χ0n) is 10.8. The molecule has 1 aromatic carbocycles. The number of oxazole rings is 1. The van der Waals surface area contributed by atoms with Crippen LogP contribution in [0.25, 0.3) is 11.7 Å². The Balaban J connectivity index is 1.75. The first-order chi connectivity index (χ1) is 9.72.